The number of ether oxygens (including phenoxy) is 1. The Kier molecular flexibility index (Phi) is 5.16. The molecule has 0 bridgehead atoms. The second-order valence-electron chi connectivity index (χ2n) is 4.63. The summed E-state index contributed by atoms with van der Waals surface area (Å²) >= 11 is 6.14. The molecule has 2 N–H and O–H groups in total. The lowest BCUT2D eigenvalue weighted by atomic mass is 10.1. The van der Waals surface area contributed by atoms with Gasteiger partial charge < -0.3 is 10.1 Å². The Balaban J connectivity index is 2.08. The number of carbonyl (C=O) groups excluding carboxylic acids is 1. The molecule has 2 aromatic rings. The van der Waals surface area contributed by atoms with Crippen molar-refractivity contribution >= 4 is 17.5 Å². The van der Waals surface area contributed by atoms with Crippen LogP contribution in [0.5, 0.6) is 5.75 Å². The first-order valence-corrected chi connectivity index (χ1v) is 7.14. The van der Waals surface area contributed by atoms with E-state index in [2.05, 4.69) is 15.5 Å². The Morgan fingerprint density at radius 1 is 1.41 bits per heavy atom. The second-order valence-corrected chi connectivity index (χ2v) is 5.04. The molecule has 1 aromatic heterocycles. The van der Waals surface area contributed by atoms with Gasteiger partial charge in [0.15, 0.2) is 0 Å². The molecule has 0 unspecified atom stereocenters. The molecule has 7 heteroatoms. The molecule has 0 aliphatic heterocycles. The Hall–Kier alpha value is -2.34. The zero-order chi connectivity index (χ0) is 16.1. The maximum absolute atomic E-state index is 11.9. The topological polar surface area (TPSA) is 84.1 Å². The van der Waals surface area contributed by atoms with Crippen LogP contribution in [0.1, 0.15) is 28.5 Å². The molecule has 0 saturated carbocycles. The molecule has 0 saturated heterocycles. The normalized spacial score (nSPS) is 10.3. The number of halogens is 1. The lowest BCUT2D eigenvalue weighted by Gasteiger charge is -2.12. The van der Waals surface area contributed by atoms with Crippen LogP contribution in [0, 0.1) is 6.92 Å². The molecule has 0 aliphatic carbocycles. The van der Waals surface area contributed by atoms with Crippen molar-refractivity contribution in [1.82, 2.24) is 15.5 Å². The van der Waals surface area contributed by atoms with Crippen molar-refractivity contribution in [2.24, 2.45) is 0 Å². The van der Waals surface area contributed by atoms with Crippen LogP contribution in [0.2, 0.25) is 5.02 Å². The van der Waals surface area contributed by atoms with Gasteiger partial charge in [0, 0.05) is 12.6 Å². The minimum atomic E-state index is -0.374. The highest BCUT2D eigenvalue weighted by atomic mass is 35.5. The van der Waals surface area contributed by atoms with Crippen LogP contribution in [-0.4, -0.2) is 22.7 Å². The van der Waals surface area contributed by atoms with E-state index in [1.54, 1.807) is 6.07 Å². The molecule has 1 aromatic carbocycles. The first kappa shape index (κ1) is 16.0. The summed E-state index contributed by atoms with van der Waals surface area (Å²) in [6.45, 7) is 4.64. The second kappa shape index (κ2) is 7.09. The van der Waals surface area contributed by atoms with E-state index in [1.807, 2.05) is 19.9 Å². The highest BCUT2D eigenvalue weighted by molar-refractivity contribution is 6.32. The van der Waals surface area contributed by atoms with Gasteiger partial charge in [0.2, 0.25) is 0 Å². The first-order chi connectivity index (χ1) is 10.5. The van der Waals surface area contributed by atoms with Crippen molar-refractivity contribution in [3.63, 3.8) is 0 Å². The lowest BCUT2D eigenvalue weighted by Crippen LogP contribution is -2.25. The number of carbonyl (C=O) groups is 1. The molecule has 1 heterocycles. The fourth-order valence-electron chi connectivity index (χ4n) is 1.89. The molecule has 0 atom stereocenters. The number of hydrogen-bond donors (Lipinski definition) is 2. The molecular weight excluding hydrogens is 306 g/mol. The fourth-order valence-corrected chi connectivity index (χ4v) is 2.13. The Bertz CT molecular complexity index is 723. The molecule has 22 heavy (non-hydrogen) atoms. The summed E-state index contributed by atoms with van der Waals surface area (Å²) in [5, 5.41) is 9.12. The molecule has 0 radical (unpaired) electrons. The van der Waals surface area contributed by atoms with Gasteiger partial charge in [0.25, 0.3) is 11.5 Å². The van der Waals surface area contributed by atoms with Crippen LogP contribution in [0.15, 0.2) is 29.1 Å². The molecule has 1 amide bonds. The summed E-state index contributed by atoms with van der Waals surface area (Å²) in [5.74, 6) is 0.250. The number of amides is 1. The van der Waals surface area contributed by atoms with Crippen molar-refractivity contribution < 1.29 is 9.53 Å². The number of H-pyrrole nitrogens is 1. The predicted octanol–water partition coefficient (Wildman–Crippen LogP) is 2.06. The van der Waals surface area contributed by atoms with Crippen molar-refractivity contribution in [3.8, 4) is 5.75 Å². The summed E-state index contributed by atoms with van der Waals surface area (Å²) in [6.07, 6.45) is 0. The summed E-state index contributed by atoms with van der Waals surface area (Å²) in [4.78, 5) is 22.9. The van der Waals surface area contributed by atoms with Crippen LogP contribution in [0.4, 0.5) is 0 Å². The molecule has 6 nitrogen and oxygen atoms in total. The van der Waals surface area contributed by atoms with Crippen LogP contribution in [0.25, 0.3) is 0 Å². The third-order valence-corrected chi connectivity index (χ3v) is 3.34. The minimum Gasteiger partial charge on any atom is -0.492 e. The van der Waals surface area contributed by atoms with Crippen LogP contribution >= 0.6 is 11.6 Å². The number of hydrogen-bond acceptors (Lipinski definition) is 4. The van der Waals surface area contributed by atoms with E-state index in [0.29, 0.717) is 23.9 Å². The van der Waals surface area contributed by atoms with Gasteiger partial charge in [0.05, 0.1) is 11.6 Å². The van der Waals surface area contributed by atoms with Crippen molar-refractivity contribution in [2.75, 3.05) is 6.61 Å². The van der Waals surface area contributed by atoms with Gasteiger partial charge in [-0.1, -0.05) is 11.6 Å². The number of aromatic nitrogens is 2. The third-order valence-electron chi connectivity index (χ3n) is 3.04. The molecule has 0 fully saturated rings. The molecular formula is C15H16ClN3O3. The summed E-state index contributed by atoms with van der Waals surface area (Å²) in [7, 11) is 0. The zero-order valence-corrected chi connectivity index (χ0v) is 13.0. The average Bonchev–Trinajstić information content (AvgIpc) is 2.50. The van der Waals surface area contributed by atoms with E-state index in [-0.39, 0.29) is 17.2 Å². The van der Waals surface area contributed by atoms with Crippen LogP contribution < -0.4 is 15.6 Å². The van der Waals surface area contributed by atoms with Gasteiger partial charge in [-0.2, -0.15) is 5.10 Å². The van der Waals surface area contributed by atoms with E-state index in [9.17, 15) is 9.59 Å². The zero-order valence-electron chi connectivity index (χ0n) is 12.3. The minimum absolute atomic E-state index is 0.147. The molecule has 116 valence electrons. The van der Waals surface area contributed by atoms with Crippen LogP contribution in [-0.2, 0) is 6.54 Å². The Morgan fingerprint density at radius 3 is 2.82 bits per heavy atom. The van der Waals surface area contributed by atoms with Gasteiger partial charge in [-0.15, -0.1) is 0 Å². The third kappa shape index (κ3) is 3.85. The van der Waals surface area contributed by atoms with Gasteiger partial charge in [-0.05, 0) is 43.2 Å². The first-order valence-electron chi connectivity index (χ1n) is 6.77. The highest BCUT2D eigenvalue weighted by Gasteiger charge is 2.10. The number of rotatable bonds is 5. The number of nitrogens with zero attached hydrogens (tertiary/aromatic N) is 1. The average molecular weight is 322 g/mol. The highest BCUT2D eigenvalue weighted by Crippen LogP contribution is 2.28. The molecule has 2 rings (SSSR count). The number of aryl methyl sites for hydroxylation is 1. The van der Waals surface area contributed by atoms with Crippen LogP contribution in [0.3, 0.4) is 0 Å². The quantitative estimate of drug-likeness (QED) is 0.883. The maximum Gasteiger partial charge on any atom is 0.271 e. The maximum atomic E-state index is 11.9. The van der Waals surface area contributed by atoms with Crippen molar-refractivity contribution in [2.45, 2.75) is 20.4 Å². The Labute approximate surface area is 132 Å². The number of aromatic amines is 1. The lowest BCUT2D eigenvalue weighted by molar-refractivity contribution is 0.0944. The summed E-state index contributed by atoms with van der Waals surface area (Å²) < 4.78 is 5.42. The largest absolute Gasteiger partial charge is 0.492 e. The number of benzene rings is 1. The standard InChI is InChI=1S/C15H16ClN3O3/c1-3-22-13-6-9(2)10(7-11(13)16)8-17-15(21)12-4-5-14(20)19-18-12/h4-7H,3,8H2,1-2H3,(H,17,21)(H,19,20). The fraction of sp³-hybridized carbons (Fsp3) is 0.267. The van der Waals surface area contributed by atoms with Gasteiger partial charge in [-0.25, -0.2) is 5.10 Å². The smallest absolute Gasteiger partial charge is 0.271 e. The Morgan fingerprint density at radius 2 is 2.18 bits per heavy atom. The number of nitrogens with one attached hydrogen (secondary N) is 2. The molecule has 0 spiro atoms. The van der Waals surface area contributed by atoms with Crippen molar-refractivity contribution in [3.05, 3.63) is 56.5 Å². The monoisotopic (exact) mass is 321 g/mol. The van der Waals surface area contributed by atoms with E-state index < -0.39 is 0 Å². The van der Waals surface area contributed by atoms with E-state index >= 15 is 0 Å². The summed E-state index contributed by atoms with van der Waals surface area (Å²) in [6, 6.07) is 6.22. The summed E-state index contributed by atoms with van der Waals surface area (Å²) in [5.41, 5.74) is 1.63. The van der Waals surface area contributed by atoms with Gasteiger partial charge >= 0.3 is 0 Å². The molecule has 0 aliphatic rings. The van der Waals surface area contributed by atoms with Gasteiger partial charge in [0.1, 0.15) is 11.4 Å². The predicted molar refractivity (Wildman–Crippen MR) is 83.4 cm³/mol. The van der Waals surface area contributed by atoms with E-state index in [4.69, 9.17) is 16.3 Å². The van der Waals surface area contributed by atoms with Crippen molar-refractivity contribution in [1.29, 1.82) is 0 Å². The SMILES string of the molecule is CCOc1cc(C)c(CNC(=O)c2ccc(=O)[nH]n2)cc1Cl. The van der Waals surface area contributed by atoms with E-state index in [0.717, 1.165) is 11.1 Å². The van der Waals surface area contributed by atoms with E-state index in [1.165, 1.54) is 12.1 Å². The van der Waals surface area contributed by atoms with Gasteiger partial charge in [-0.3, -0.25) is 9.59 Å².